The first-order valence-corrected chi connectivity index (χ1v) is 7.73. The minimum absolute atomic E-state index is 0.0654. The number of carbonyl (C=O) groups is 1. The van der Waals surface area contributed by atoms with Gasteiger partial charge in [0, 0.05) is 6.04 Å². The van der Waals surface area contributed by atoms with E-state index in [1.54, 1.807) is 0 Å². The lowest BCUT2D eigenvalue weighted by Crippen LogP contribution is -2.43. The van der Waals surface area contributed by atoms with Gasteiger partial charge in [0.25, 0.3) is 0 Å². The lowest BCUT2D eigenvalue weighted by molar-refractivity contribution is -0.132. The first kappa shape index (κ1) is 15.5. The second kappa shape index (κ2) is 7.78. The second-order valence-corrected chi connectivity index (χ2v) is 5.55. The number of hydrogen-bond acceptors (Lipinski definition) is 2. The first-order chi connectivity index (χ1) is 8.65. The third-order valence-corrected chi connectivity index (χ3v) is 3.87. The molecule has 0 aromatic carbocycles. The molecule has 0 bridgehead atoms. The summed E-state index contributed by atoms with van der Waals surface area (Å²) in [4.78, 5) is 14.6. The van der Waals surface area contributed by atoms with Gasteiger partial charge in [-0.05, 0) is 26.2 Å². The van der Waals surface area contributed by atoms with Crippen LogP contribution in [0.15, 0.2) is 0 Å². The number of nitrogens with one attached hydrogen (secondary N) is 1. The van der Waals surface area contributed by atoms with Gasteiger partial charge >= 0.3 is 0 Å². The summed E-state index contributed by atoms with van der Waals surface area (Å²) in [5.41, 5.74) is 0. The number of carbonyl (C=O) groups excluding carboxylic acids is 1. The Morgan fingerprint density at radius 2 is 1.83 bits per heavy atom. The van der Waals surface area contributed by atoms with E-state index in [0.717, 1.165) is 32.1 Å². The monoisotopic (exact) mass is 254 g/mol. The van der Waals surface area contributed by atoms with E-state index in [0.29, 0.717) is 11.9 Å². The highest BCUT2D eigenvalue weighted by molar-refractivity contribution is 5.84. The minimum Gasteiger partial charge on any atom is -0.323 e. The van der Waals surface area contributed by atoms with Gasteiger partial charge in [0.2, 0.25) is 5.91 Å². The number of amides is 1. The number of unbranched alkanes of at least 4 members (excludes halogenated alkanes) is 1. The Hall–Kier alpha value is -0.570. The van der Waals surface area contributed by atoms with Gasteiger partial charge in [-0.3, -0.25) is 10.1 Å². The molecule has 1 saturated heterocycles. The van der Waals surface area contributed by atoms with Crippen molar-refractivity contribution < 1.29 is 4.79 Å². The molecule has 0 spiro atoms. The zero-order valence-electron chi connectivity index (χ0n) is 12.5. The van der Waals surface area contributed by atoms with Gasteiger partial charge < -0.3 is 4.90 Å². The molecule has 1 aliphatic rings. The molecule has 106 valence electrons. The Labute approximate surface area is 112 Å². The van der Waals surface area contributed by atoms with Crippen LogP contribution < -0.4 is 5.32 Å². The van der Waals surface area contributed by atoms with Crippen LogP contribution in [0.1, 0.15) is 72.6 Å². The summed E-state index contributed by atoms with van der Waals surface area (Å²) < 4.78 is 0. The van der Waals surface area contributed by atoms with Crippen molar-refractivity contribution in [3.05, 3.63) is 0 Å². The van der Waals surface area contributed by atoms with Crippen LogP contribution in [-0.4, -0.2) is 29.1 Å². The smallest absolute Gasteiger partial charge is 0.241 e. The van der Waals surface area contributed by atoms with E-state index in [2.05, 4.69) is 37.9 Å². The summed E-state index contributed by atoms with van der Waals surface area (Å²) in [5, 5.41) is 3.53. The molecule has 1 rings (SSSR count). The highest BCUT2D eigenvalue weighted by atomic mass is 16.2. The van der Waals surface area contributed by atoms with Gasteiger partial charge in [0.15, 0.2) is 0 Å². The van der Waals surface area contributed by atoms with Gasteiger partial charge in [-0.2, -0.15) is 0 Å². The van der Waals surface area contributed by atoms with Crippen LogP contribution in [0, 0.1) is 0 Å². The average molecular weight is 254 g/mol. The van der Waals surface area contributed by atoms with Crippen molar-refractivity contribution in [1.29, 1.82) is 0 Å². The molecule has 0 aromatic rings. The highest BCUT2D eigenvalue weighted by Gasteiger charge is 2.39. The topological polar surface area (TPSA) is 32.3 Å². The molecule has 1 amide bonds. The SMILES string of the molecule is CCCCC(C)N1C(=O)C(CCC)NC1CCC. The van der Waals surface area contributed by atoms with Gasteiger partial charge in [-0.1, -0.05) is 46.5 Å². The standard InChI is InChI=1S/C15H30N2O/c1-5-8-11-12(4)17-14(10-7-3)16-13(9-6-2)15(17)18/h12-14,16H,5-11H2,1-4H3. The predicted octanol–water partition coefficient (Wildman–Crippen LogP) is 3.29. The van der Waals surface area contributed by atoms with Gasteiger partial charge in [0.1, 0.15) is 0 Å². The first-order valence-electron chi connectivity index (χ1n) is 7.73. The normalized spacial score (nSPS) is 25.8. The van der Waals surface area contributed by atoms with Crippen LogP contribution in [-0.2, 0) is 4.79 Å². The fraction of sp³-hybridized carbons (Fsp3) is 0.933. The summed E-state index contributed by atoms with van der Waals surface area (Å²) in [6.07, 6.45) is 8.05. The van der Waals surface area contributed by atoms with E-state index in [1.165, 1.54) is 12.8 Å². The van der Waals surface area contributed by atoms with Crippen LogP contribution >= 0.6 is 0 Å². The van der Waals surface area contributed by atoms with Crippen molar-refractivity contribution in [2.24, 2.45) is 0 Å². The molecule has 1 N–H and O–H groups in total. The zero-order valence-corrected chi connectivity index (χ0v) is 12.5. The fourth-order valence-corrected chi connectivity index (χ4v) is 2.87. The Kier molecular flexibility index (Phi) is 6.69. The van der Waals surface area contributed by atoms with Crippen molar-refractivity contribution in [2.45, 2.75) is 90.9 Å². The Morgan fingerprint density at radius 1 is 1.17 bits per heavy atom. The molecule has 3 nitrogen and oxygen atoms in total. The lowest BCUT2D eigenvalue weighted by Gasteiger charge is -2.30. The third kappa shape index (κ3) is 3.71. The number of nitrogens with zero attached hydrogens (tertiary/aromatic N) is 1. The Bertz CT molecular complexity index is 255. The van der Waals surface area contributed by atoms with Crippen molar-refractivity contribution in [1.82, 2.24) is 10.2 Å². The molecule has 18 heavy (non-hydrogen) atoms. The summed E-state index contributed by atoms with van der Waals surface area (Å²) in [7, 11) is 0. The van der Waals surface area contributed by atoms with Crippen LogP contribution in [0.5, 0.6) is 0 Å². The lowest BCUT2D eigenvalue weighted by atomic mass is 10.1. The number of hydrogen-bond donors (Lipinski definition) is 1. The van der Waals surface area contributed by atoms with Gasteiger partial charge in [-0.15, -0.1) is 0 Å². The Morgan fingerprint density at radius 3 is 2.39 bits per heavy atom. The molecule has 3 heteroatoms. The summed E-state index contributed by atoms with van der Waals surface area (Å²) in [5.74, 6) is 0.332. The fourth-order valence-electron chi connectivity index (χ4n) is 2.87. The molecular weight excluding hydrogens is 224 g/mol. The average Bonchev–Trinajstić information content (AvgIpc) is 2.64. The molecule has 1 aliphatic heterocycles. The maximum absolute atomic E-state index is 12.4. The molecule has 0 radical (unpaired) electrons. The van der Waals surface area contributed by atoms with Gasteiger partial charge in [0.05, 0.1) is 12.2 Å². The van der Waals surface area contributed by atoms with E-state index in [4.69, 9.17) is 0 Å². The quantitative estimate of drug-likeness (QED) is 0.721. The van der Waals surface area contributed by atoms with Crippen LogP contribution in [0.3, 0.4) is 0 Å². The summed E-state index contributed by atoms with van der Waals surface area (Å²) >= 11 is 0. The molecule has 1 fully saturated rings. The largest absolute Gasteiger partial charge is 0.323 e. The Balaban J connectivity index is 2.67. The van der Waals surface area contributed by atoms with Gasteiger partial charge in [-0.25, -0.2) is 0 Å². The molecule has 0 aliphatic carbocycles. The zero-order chi connectivity index (χ0) is 13.5. The predicted molar refractivity (Wildman–Crippen MR) is 76.4 cm³/mol. The van der Waals surface area contributed by atoms with E-state index in [9.17, 15) is 4.79 Å². The third-order valence-electron chi connectivity index (χ3n) is 3.87. The molecule has 3 unspecified atom stereocenters. The summed E-state index contributed by atoms with van der Waals surface area (Å²) in [6, 6.07) is 0.444. The van der Waals surface area contributed by atoms with Crippen LogP contribution in [0.4, 0.5) is 0 Å². The van der Waals surface area contributed by atoms with Crippen LogP contribution in [0.2, 0.25) is 0 Å². The van der Waals surface area contributed by atoms with E-state index in [1.807, 2.05) is 0 Å². The van der Waals surface area contributed by atoms with Crippen molar-refractivity contribution >= 4 is 5.91 Å². The molecule has 1 heterocycles. The van der Waals surface area contributed by atoms with Crippen molar-refractivity contribution in [2.75, 3.05) is 0 Å². The van der Waals surface area contributed by atoms with Crippen molar-refractivity contribution in [3.8, 4) is 0 Å². The van der Waals surface area contributed by atoms with E-state index < -0.39 is 0 Å². The van der Waals surface area contributed by atoms with Crippen molar-refractivity contribution in [3.63, 3.8) is 0 Å². The highest BCUT2D eigenvalue weighted by Crippen LogP contribution is 2.23. The second-order valence-electron chi connectivity index (χ2n) is 5.55. The number of rotatable bonds is 8. The maximum Gasteiger partial charge on any atom is 0.241 e. The molecule has 0 saturated carbocycles. The van der Waals surface area contributed by atoms with E-state index in [-0.39, 0.29) is 12.2 Å². The molecule has 3 atom stereocenters. The van der Waals surface area contributed by atoms with Crippen LogP contribution in [0.25, 0.3) is 0 Å². The maximum atomic E-state index is 12.4. The van der Waals surface area contributed by atoms with E-state index >= 15 is 0 Å². The minimum atomic E-state index is 0.0654. The summed E-state index contributed by atoms with van der Waals surface area (Å²) in [6.45, 7) is 8.74. The molecular formula is C15H30N2O. The molecule has 0 aromatic heterocycles.